The number of benzene rings is 2. The van der Waals surface area contributed by atoms with Crippen LogP contribution in [0.15, 0.2) is 54.6 Å². The van der Waals surface area contributed by atoms with E-state index in [1.165, 1.54) is 6.07 Å². The zero-order valence-electron chi connectivity index (χ0n) is 16.3. The van der Waals surface area contributed by atoms with Crippen LogP contribution in [0.1, 0.15) is 41.6 Å². The average Bonchev–Trinajstić information content (AvgIpc) is 3.11. The molecule has 1 atom stereocenters. The SMILES string of the molecule is O=C(Nc1n[nH]c2c1C=CC(c1ccccc1)(c1ccc(F)c(F)c1)C2)C1CCC1. The van der Waals surface area contributed by atoms with Crippen molar-refractivity contribution in [3.05, 3.63) is 88.6 Å². The summed E-state index contributed by atoms with van der Waals surface area (Å²) >= 11 is 0. The fourth-order valence-corrected chi connectivity index (χ4v) is 4.32. The average molecular weight is 405 g/mol. The lowest BCUT2D eigenvalue weighted by atomic mass is 9.68. The molecule has 30 heavy (non-hydrogen) atoms. The lowest BCUT2D eigenvalue weighted by Gasteiger charge is -2.34. The van der Waals surface area contributed by atoms with Crippen LogP contribution in [0.3, 0.4) is 0 Å². The molecule has 1 heterocycles. The van der Waals surface area contributed by atoms with Crippen molar-refractivity contribution in [2.45, 2.75) is 31.1 Å². The third-order valence-corrected chi connectivity index (χ3v) is 6.31. The van der Waals surface area contributed by atoms with Crippen LogP contribution >= 0.6 is 0 Å². The molecular weight excluding hydrogens is 384 g/mol. The van der Waals surface area contributed by atoms with E-state index in [0.29, 0.717) is 17.8 Å². The van der Waals surface area contributed by atoms with E-state index in [2.05, 4.69) is 15.5 Å². The molecule has 2 aliphatic rings. The van der Waals surface area contributed by atoms with Crippen LogP contribution in [0, 0.1) is 17.6 Å². The first kappa shape index (κ1) is 18.7. The summed E-state index contributed by atoms with van der Waals surface area (Å²) in [5, 5.41) is 10.3. The van der Waals surface area contributed by atoms with Crippen LogP contribution in [-0.2, 0) is 16.6 Å². The van der Waals surface area contributed by atoms with E-state index in [0.717, 1.165) is 42.1 Å². The number of hydrogen-bond donors (Lipinski definition) is 2. The van der Waals surface area contributed by atoms with Gasteiger partial charge in [0.15, 0.2) is 17.5 Å². The zero-order chi connectivity index (χ0) is 20.7. The number of aromatic nitrogens is 2. The van der Waals surface area contributed by atoms with Gasteiger partial charge in [0, 0.05) is 29.0 Å². The second-order valence-corrected chi connectivity index (χ2v) is 8.06. The second kappa shape index (κ2) is 7.20. The normalized spacial score (nSPS) is 20.5. The van der Waals surface area contributed by atoms with E-state index in [1.807, 2.05) is 42.5 Å². The Hall–Kier alpha value is -3.28. The molecule has 1 amide bonds. The number of halogens is 2. The number of hydrogen-bond acceptors (Lipinski definition) is 2. The third kappa shape index (κ3) is 3.03. The number of aromatic amines is 1. The summed E-state index contributed by atoms with van der Waals surface area (Å²) in [5.41, 5.74) is 2.62. The number of carbonyl (C=O) groups excluding carboxylic acids is 1. The van der Waals surface area contributed by atoms with Gasteiger partial charge in [0.05, 0.1) is 0 Å². The van der Waals surface area contributed by atoms with Gasteiger partial charge >= 0.3 is 0 Å². The fourth-order valence-electron chi connectivity index (χ4n) is 4.32. The largest absolute Gasteiger partial charge is 0.308 e. The number of nitrogens with one attached hydrogen (secondary N) is 2. The molecule has 2 N–H and O–H groups in total. The molecule has 0 saturated heterocycles. The maximum atomic E-state index is 14.1. The fraction of sp³-hybridized carbons (Fsp3) is 0.250. The molecule has 2 aromatic carbocycles. The van der Waals surface area contributed by atoms with E-state index in [1.54, 1.807) is 6.07 Å². The molecule has 1 unspecified atom stereocenters. The van der Waals surface area contributed by atoms with Gasteiger partial charge in [-0.15, -0.1) is 0 Å². The minimum Gasteiger partial charge on any atom is -0.308 e. The summed E-state index contributed by atoms with van der Waals surface area (Å²) < 4.78 is 27.7. The summed E-state index contributed by atoms with van der Waals surface area (Å²) in [6.07, 6.45) is 7.31. The topological polar surface area (TPSA) is 57.8 Å². The summed E-state index contributed by atoms with van der Waals surface area (Å²) in [6, 6.07) is 13.8. The number of anilines is 1. The minimum atomic E-state index is -0.875. The molecule has 1 aromatic heterocycles. The van der Waals surface area contributed by atoms with Gasteiger partial charge in [-0.1, -0.05) is 55.0 Å². The summed E-state index contributed by atoms with van der Waals surface area (Å²) in [5.74, 6) is -1.16. The van der Waals surface area contributed by atoms with Crippen LogP contribution in [0.4, 0.5) is 14.6 Å². The predicted molar refractivity (Wildman–Crippen MR) is 111 cm³/mol. The molecule has 0 bridgehead atoms. The first-order valence-electron chi connectivity index (χ1n) is 10.2. The molecule has 5 rings (SSSR count). The van der Waals surface area contributed by atoms with Crippen molar-refractivity contribution in [1.82, 2.24) is 10.2 Å². The zero-order valence-corrected chi connectivity index (χ0v) is 16.3. The standard InChI is InChI=1S/C24H21F2N3O/c25-19-10-9-17(13-20(19)26)24(16-7-2-1-3-8-16)12-11-18-21(14-24)28-29-22(18)27-23(30)15-5-4-6-15/h1-3,7-13,15H,4-6,14H2,(H2,27,28,29,30). The lowest BCUT2D eigenvalue weighted by Crippen LogP contribution is -2.31. The van der Waals surface area contributed by atoms with E-state index in [4.69, 9.17) is 0 Å². The van der Waals surface area contributed by atoms with E-state index < -0.39 is 17.0 Å². The Labute approximate surface area is 173 Å². The number of H-pyrrole nitrogens is 1. The quantitative estimate of drug-likeness (QED) is 0.643. The van der Waals surface area contributed by atoms with E-state index >= 15 is 0 Å². The lowest BCUT2D eigenvalue weighted by molar-refractivity contribution is -0.122. The Morgan fingerprint density at radius 3 is 2.57 bits per heavy atom. The maximum absolute atomic E-state index is 14.1. The number of rotatable bonds is 4. The number of nitrogens with zero attached hydrogens (tertiary/aromatic N) is 1. The van der Waals surface area contributed by atoms with Crippen molar-refractivity contribution >= 4 is 17.8 Å². The highest BCUT2D eigenvalue weighted by Gasteiger charge is 2.37. The van der Waals surface area contributed by atoms with Gasteiger partial charge in [-0.25, -0.2) is 8.78 Å². The number of carbonyl (C=O) groups is 1. The Bertz CT molecular complexity index is 1130. The molecular formula is C24H21F2N3O. The Balaban J connectivity index is 1.55. The van der Waals surface area contributed by atoms with E-state index in [9.17, 15) is 13.6 Å². The van der Waals surface area contributed by atoms with Crippen molar-refractivity contribution in [3.63, 3.8) is 0 Å². The molecule has 0 radical (unpaired) electrons. The second-order valence-electron chi connectivity index (χ2n) is 8.06. The van der Waals surface area contributed by atoms with Gasteiger partial charge in [-0.05, 0) is 36.1 Å². The molecule has 2 aliphatic carbocycles. The highest BCUT2D eigenvalue weighted by molar-refractivity contribution is 5.94. The maximum Gasteiger partial charge on any atom is 0.228 e. The van der Waals surface area contributed by atoms with Crippen LogP contribution in [0.25, 0.3) is 6.08 Å². The van der Waals surface area contributed by atoms with Crippen molar-refractivity contribution in [3.8, 4) is 0 Å². The summed E-state index contributed by atoms with van der Waals surface area (Å²) in [7, 11) is 0. The Kier molecular flexibility index (Phi) is 4.50. The Morgan fingerprint density at radius 2 is 1.87 bits per heavy atom. The Morgan fingerprint density at radius 1 is 1.07 bits per heavy atom. The van der Waals surface area contributed by atoms with Crippen LogP contribution < -0.4 is 5.32 Å². The predicted octanol–water partition coefficient (Wildman–Crippen LogP) is 4.98. The van der Waals surface area contributed by atoms with Crippen molar-refractivity contribution < 1.29 is 13.6 Å². The van der Waals surface area contributed by atoms with Gasteiger partial charge in [0.25, 0.3) is 0 Å². The molecule has 0 aliphatic heterocycles. The first-order chi connectivity index (χ1) is 14.6. The highest BCUT2D eigenvalue weighted by atomic mass is 19.2. The van der Waals surface area contributed by atoms with Crippen LogP contribution in [-0.4, -0.2) is 16.1 Å². The van der Waals surface area contributed by atoms with Gasteiger partial charge in [-0.2, -0.15) is 5.10 Å². The number of fused-ring (bicyclic) bond motifs is 1. The molecule has 6 heteroatoms. The van der Waals surface area contributed by atoms with Crippen LogP contribution in [0.5, 0.6) is 0 Å². The van der Waals surface area contributed by atoms with Crippen molar-refractivity contribution in [1.29, 1.82) is 0 Å². The highest BCUT2D eigenvalue weighted by Crippen LogP contribution is 2.43. The minimum absolute atomic E-state index is 0.00412. The molecule has 152 valence electrons. The van der Waals surface area contributed by atoms with Gasteiger partial charge in [0.1, 0.15) is 0 Å². The molecule has 1 saturated carbocycles. The summed E-state index contributed by atoms with van der Waals surface area (Å²) in [6.45, 7) is 0. The number of allylic oxidation sites excluding steroid dienone is 1. The monoisotopic (exact) mass is 405 g/mol. The molecule has 0 spiro atoms. The molecule has 1 fully saturated rings. The van der Waals surface area contributed by atoms with Crippen molar-refractivity contribution in [2.24, 2.45) is 5.92 Å². The van der Waals surface area contributed by atoms with Crippen molar-refractivity contribution in [2.75, 3.05) is 5.32 Å². The van der Waals surface area contributed by atoms with Gasteiger partial charge < -0.3 is 5.32 Å². The smallest absolute Gasteiger partial charge is 0.228 e. The first-order valence-corrected chi connectivity index (χ1v) is 10.2. The van der Waals surface area contributed by atoms with Gasteiger partial charge in [-0.3, -0.25) is 9.89 Å². The summed E-state index contributed by atoms with van der Waals surface area (Å²) in [4.78, 5) is 12.4. The third-order valence-electron chi connectivity index (χ3n) is 6.31. The van der Waals surface area contributed by atoms with E-state index in [-0.39, 0.29) is 11.8 Å². The number of amides is 1. The van der Waals surface area contributed by atoms with Gasteiger partial charge in [0.2, 0.25) is 5.91 Å². The van der Waals surface area contributed by atoms with Crippen LogP contribution in [0.2, 0.25) is 0 Å². The molecule has 3 aromatic rings. The molecule has 4 nitrogen and oxygen atoms in total.